The monoisotopic (exact) mass is 269 g/mol. The minimum Gasteiger partial charge on any atom is -0.548 e. The zero-order valence-electron chi connectivity index (χ0n) is 9.47. The van der Waals surface area contributed by atoms with Gasteiger partial charge in [-0.05, 0) is 13.8 Å². The Labute approximate surface area is 126 Å². The van der Waals surface area contributed by atoms with Crippen LogP contribution < -0.4 is 34.7 Å². The van der Waals surface area contributed by atoms with Gasteiger partial charge < -0.3 is 14.8 Å². The molecule has 0 aromatic heterocycles. The van der Waals surface area contributed by atoms with E-state index in [1.54, 1.807) is 0 Å². The van der Waals surface area contributed by atoms with Crippen LogP contribution in [0, 0.1) is 5.92 Å². The van der Waals surface area contributed by atoms with E-state index < -0.39 is 16.8 Å². The number of nitrogens with zero attached hydrogens (tertiary/aromatic N) is 1. The average Bonchev–Trinajstić information content (AvgIpc) is 2.35. The van der Waals surface area contributed by atoms with Crippen molar-refractivity contribution in [2.75, 3.05) is 5.75 Å². The molecule has 2 rings (SSSR count). The van der Waals surface area contributed by atoms with E-state index in [1.165, 1.54) is 16.7 Å². The summed E-state index contributed by atoms with van der Waals surface area (Å²) in [6.07, 6.45) is 0. The summed E-state index contributed by atoms with van der Waals surface area (Å²) in [5, 5.41) is 11.0. The Balaban J connectivity index is 0.00000128. The van der Waals surface area contributed by atoms with Crippen LogP contribution >= 0.6 is 24.4 Å². The minimum atomic E-state index is -1.17. The van der Waals surface area contributed by atoms with Gasteiger partial charge in [-0.2, -0.15) is 12.6 Å². The summed E-state index contributed by atoms with van der Waals surface area (Å²) in [6.45, 7) is 3.67. The maximum Gasteiger partial charge on any atom is 1.00 e. The second kappa shape index (κ2) is 4.72. The number of amides is 1. The number of fused-ring (bicyclic) bond motifs is 1. The molecule has 0 aliphatic carbocycles. The maximum atomic E-state index is 11.6. The molecule has 0 aromatic rings. The average molecular weight is 269 g/mol. The van der Waals surface area contributed by atoms with Gasteiger partial charge in [-0.3, -0.25) is 4.79 Å². The Hall–Kier alpha value is 0.640. The van der Waals surface area contributed by atoms with E-state index in [2.05, 4.69) is 12.6 Å². The van der Waals surface area contributed by atoms with Gasteiger partial charge in [0, 0.05) is 10.5 Å². The van der Waals surface area contributed by atoms with Crippen molar-refractivity contribution in [3.63, 3.8) is 0 Å². The summed E-state index contributed by atoms with van der Waals surface area (Å²) >= 11 is 5.63. The quantitative estimate of drug-likeness (QED) is 0.319. The number of β-lactam (4-membered cyclic amide) rings is 1. The van der Waals surface area contributed by atoms with Crippen LogP contribution in [0.5, 0.6) is 0 Å². The molecule has 2 aliphatic rings. The molecular weight excluding hydrogens is 257 g/mol. The van der Waals surface area contributed by atoms with Crippen molar-refractivity contribution in [2.45, 2.75) is 30.0 Å². The molecule has 1 amide bonds. The number of hydrogen-bond acceptors (Lipinski definition) is 5. The Morgan fingerprint density at radius 1 is 1.62 bits per heavy atom. The molecule has 7 heteroatoms. The Morgan fingerprint density at radius 2 is 2.19 bits per heavy atom. The van der Waals surface area contributed by atoms with Gasteiger partial charge in [0.05, 0.1) is 23.3 Å². The first kappa shape index (κ1) is 14.7. The Bertz CT molecular complexity index is 337. The molecule has 1 unspecified atom stereocenters. The van der Waals surface area contributed by atoms with Gasteiger partial charge in [-0.1, -0.05) is 0 Å². The van der Waals surface area contributed by atoms with Crippen molar-refractivity contribution in [3.8, 4) is 0 Å². The van der Waals surface area contributed by atoms with Gasteiger partial charge in [-0.25, -0.2) is 0 Å². The number of carboxylic acids is 1. The van der Waals surface area contributed by atoms with Crippen molar-refractivity contribution in [2.24, 2.45) is 5.92 Å². The van der Waals surface area contributed by atoms with Crippen molar-refractivity contribution in [1.82, 2.24) is 4.90 Å². The summed E-state index contributed by atoms with van der Waals surface area (Å²) in [5.41, 5.74) is 0. The number of carbonyl (C=O) groups is 2. The normalized spacial score (nSPS) is 35.1. The molecule has 2 fully saturated rings. The van der Waals surface area contributed by atoms with Crippen LogP contribution in [0.15, 0.2) is 0 Å². The summed E-state index contributed by atoms with van der Waals surface area (Å²) < 4.78 is -0.475. The fraction of sp³-hybridized carbons (Fsp3) is 0.778. The van der Waals surface area contributed by atoms with E-state index in [0.717, 1.165) is 0 Å². The molecule has 16 heavy (non-hydrogen) atoms. The molecule has 0 aromatic carbocycles. The molecular formula is C9H12NNaO3S2. The second-order valence-corrected chi connectivity index (χ2v) is 6.50. The molecule has 0 saturated carbocycles. The maximum absolute atomic E-state index is 11.6. The molecule has 4 nitrogen and oxygen atoms in total. The van der Waals surface area contributed by atoms with Gasteiger partial charge >= 0.3 is 29.6 Å². The SMILES string of the molecule is CC1(C)S[C@@H]2C(CS)C(=O)N2[C@H]1C(=O)[O-].[Na+]. The van der Waals surface area contributed by atoms with Crippen LogP contribution in [0.4, 0.5) is 0 Å². The third-order valence-corrected chi connectivity index (χ3v) is 4.99. The number of hydrogen-bond donors (Lipinski definition) is 1. The minimum absolute atomic E-state index is 0. The topological polar surface area (TPSA) is 60.4 Å². The van der Waals surface area contributed by atoms with Crippen molar-refractivity contribution in [3.05, 3.63) is 0 Å². The van der Waals surface area contributed by atoms with Crippen LogP contribution in [0.2, 0.25) is 0 Å². The standard InChI is InChI=1S/C9H13NO3S2.Na/c1-9(2)5(8(12)13)10-6(11)4(3-14)7(10)15-9;/h4-5,7,14H,3H2,1-2H3,(H,12,13);/q;+1/p-1/t4?,5-,7+;/m0./s1. The molecule has 0 bridgehead atoms. The molecule has 2 aliphatic heterocycles. The van der Waals surface area contributed by atoms with E-state index >= 15 is 0 Å². The fourth-order valence-corrected chi connectivity index (χ4v) is 4.42. The van der Waals surface area contributed by atoms with Crippen molar-refractivity contribution >= 4 is 36.3 Å². The molecule has 2 saturated heterocycles. The Kier molecular flexibility index (Phi) is 4.34. The number of carboxylic acid groups (broad SMARTS) is 1. The van der Waals surface area contributed by atoms with Crippen LogP contribution in [0.1, 0.15) is 13.8 Å². The molecule has 84 valence electrons. The zero-order valence-corrected chi connectivity index (χ0v) is 13.2. The first-order chi connectivity index (χ1) is 6.90. The third-order valence-electron chi connectivity index (χ3n) is 2.97. The van der Waals surface area contributed by atoms with Gasteiger partial charge in [-0.15, -0.1) is 11.8 Å². The molecule has 0 N–H and O–H groups in total. The first-order valence-electron chi connectivity index (χ1n) is 4.72. The number of thiol groups is 1. The van der Waals surface area contributed by atoms with Crippen LogP contribution in [-0.4, -0.2) is 38.7 Å². The summed E-state index contributed by atoms with van der Waals surface area (Å²) in [6, 6.07) is -0.809. The molecule has 0 spiro atoms. The Morgan fingerprint density at radius 3 is 2.62 bits per heavy atom. The number of carbonyl (C=O) groups excluding carboxylic acids is 2. The molecule has 3 atom stereocenters. The fourth-order valence-electron chi connectivity index (χ4n) is 2.24. The smallest absolute Gasteiger partial charge is 0.548 e. The van der Waals surface area contributed by atoms with Gasteiger partial charge in [0.25, 0.3) is 0 Å². The third kappa shape index (κ3) is 1.92. The van der Waals surface area contributed by atoms with Crippen LogP contribution in [0.25, 0.3) is 0 Å². The van der Waals surface area contributed by atoms with E-state index in [-0.39, 0.29) is 46.8 Å². The summed E-state index contributed by atoms with van der Waals surface area (Å²) in [5.74, 6) is -0.937. The van der Waals surface area contributed by atoms with Gasteiger partial charge in [0.1, 0.15) is 0 Å². The van der Waals surface area contributed by atoms with Gasteiger partial charge in [0.15, 0.2) is 0 Å². The summed E-state index contributed by atoms with van der Waals surface area (Å²) in [7, 11) is 0. The van der Waals surface area contributed by atoms with Crippen molar-refractivity contribution < 1.29 is 44.3 Å². The number of thioether (sulfide) groups is 1. The van der Waals surface area contributed by atoms with E-state index in [4.69, 9.17) is 0 Å². The summed E-state index contributed by atoms with van der Waals surface area (Å²) in [4.78, 5) is 24.1. The van der Waals surface area contributed by atoms with E-state index in [1.807, 2.05) is 13.8 Å². The van der Waals surface area contributed by atoms with Crippen LogP contribution in [-0.2, 0) is 9.59 Å². The van der Waals surface area contributed by atoms with Crippen molar-refractivity contribution in [1.29, 1.82) is 0 Å². The predicted octanol–water partition coefficient (Wildman–Crippen LogP) is -3.65. The first-order valence-corrected chi connectivity index (χ1v) is 6.23. The zero-order chi connectivity index (χ0) is 11.4. The van der Waals surface area contributed by atoms with Crippen LogP contribution in [0.3, 0.4) is 0 Å². The van der Waals surface area contributed by atoms with E-state index in [9.17, 15) is 14.7 Å². The molecule has 2 heterocycles. The number of aliphatic carboxylic acids is 1. The van der Waals surface area contributed by atoms with E-state index in [0.29, 0.717) is 5.75 Å². The number of rotatable bonds is 2. The van der Waals surface area contributed by atoms with Gasteiger partial charge in [0.2, 0.25) is 5.91 Å². The molecule has 0 radical (unpaired) electrons. The largest absolute Gasteiger partial charge is 1.00 e. The predicted molar refractivity (Wildman–Crippen MR) is 58.4 cm³/mol. The second-order valence-electron chi connectivity index (χ2n) is 4.37.